The molecule has 1 saturated carbocycles. The Bertz CT molecular complexity index is 361. The molecule has 3 nitrogen and oxygen atoms in total. The maximum Gasteiger partial charge on any atom is 0.144 e. The molecule has 2 rings (SSSR count). The van der Waals surface area contributed by atoms with Crippen LogP contribution in [-0.4, -0.2) is 19.7 Å². The van der Waals surface area contributed by atoms with Crippen molar-refractivity contribution in [2.45, 2.75) is 32.2 Å². The maximum atomic E-state index is 6.12. The van der Waals surface area contributed by atoms with Gasteiger partial charge in [-0.25, -0.2) is 0 Å². The van der Waals surface area contributed by atoms with Crippen molar-refractivity contribution in [1.82, 2.24) is 0 Å². The fourth-order valence-electron chi connectivity index (χ4n) is 1.84. The molecule has 0 amide bonds. The Kier molecular flexibility index (Phi) is 3.22. The van der Waals surface area contributed by atoms with Crippen LogP contribution in [0.4, 0.5) is 11.4 Å². The molecule has 16 heavy (non-hydrogen) atoms. The van der Waals surface area contributed by atoms with Crippen LogP contribution in [-0.2, 0) is 0 Å². The highest BCUT2D eigenvalue weighted by Gasteiger charge is 2.27. The molecule has 0 unspecified atom stereocenters. The SMILES string of the molecule is CCCOc1cccc(N(C)C2CC2)c1N. The molecular weight excluding hydrogens is 200 g/mol. The molecule has 1 aromatic carbocycles. The van der Waals surface area contributed by atoms with Crippen LogP contribution in [0.25, 0.3) is 0 Å². The van der Waals surface area contributed by atoms with Crippen molar-refractivity contribution >= 4 is 11.4 Å². The Morgan fingerprint density at radius 2 is 2.19 bits per heavy atom. The summed E-state index contributed by atoms with van der Waals surface area (Å²) in [6.07, 6.45) is 3.55. The first-order valence-electron chi connectivity index (χ1n) is 5.98. The highest BCUT2D eigenvalue weighted by molar-refractivity contribution is 5.74. The lowest BCUT2D eigenvalue weighted by molar-refractivity contribution is 0.319. The topological polar surface area (TPSA) is 38.5 Å². The van der Waals surface area contributed by atoms with Gasteiger partial charge in [-0.15, -0.1) is 0 Å². The third-order valence-corrected chi connectivity index (χ3v) is 2.98. The van der Waals surface area contributed by atoms with Gasteiger partial charge in [0.2, 0.25) is 0 Å². The second-order valence-corrected chi connectivity index (χ2v) is 4.38. The van der Waals surface area contributed by atoms with Crippen LogP contribution in [0.5, 0.6) is 5.75 Å². The molecular formula is C13H20N2O. The molecule has 0 aliphatic heterocycles. The summed E-state index contributed by atoms with van der Waals surface area (Å²) in [5.74, 6) is 0.812. The summed E-state index contributed by atoms with van der Waals surface area (Å²) in [5, 5.41) is 0. The number of nitrogens with zero attached hydrogens (tertiary/aromatic N) is 1. The van der Waals surface area contributed by atoms with Crippen molar-refractivity contribution in [2.75, 3.05) is 24.3 Å². The van der Waals surface area contributed by atoms with Crippen LogP contribution in [0.2, 0.25) is 0 Å². The largest absolute Gasteiger partial charge is 0.491 e. The van der Waals surface area contributed by atoms with E-state index in [4.69, 9.17) is 10.5 Å². The number of hydrogen-bond donors (Lipinski definition) is 1. The Morgan fingerprint density at radius 1 is 1.44 bits per heavy atom. The maximum absolute atomic E-state index is 6.12. The lowest BCUT2D eigenvalue weighted by Gasteiger charge is -2.22. The van der Waals surface area contributed by atoms with Gasteiger partial charge in [0, 0.05) is 13.1 Å². The fraction of sp³-hybridized carbons (Fsp3) is 0.538. The molecule has 1 aromatic rings. The van der Waals surface area contributed by atoms with Gasteiger partial charge in [0.25, 0.3) is 0 Å². The van der Waals surface area contributed by atoms with E-state index in [0.717, 1.165) is 30.2 Å². The van der Waals surface area contributed by atoms with Crippen molar-refractivity contribution in [1.29, 1.82) is 0 Å². The minimum atomic E-state index is 0.670. The number of ether oxygens (including phenoxy) is 1. The second kappa shape index (κ2) is 4.64. The zero-order valence-electron chi connectivity index (χ0n) is 10.1. The van der Waals surface area contributed by atoms with E-state index < -0.39 is 0 Å². The van der Waals surface area contributed by atoms with Crippen molar-refractivity contribution < 1.29 is 4.74 Å². The molecule has 0 radical (unpaired) electrons. The first-order valence-corrected chi connectivity index (χ1v) is 5.98. The number of rotatable bonds is 5. The zero-order valence-corrected chi connectivity index (χ0v) is 10.1. The van der Waals surface area contributed by atoms with Gasteiger partial charge in [0.1, 0.15) is 5.75 Å². The summed E-state index contributed by atoms with van der Waals surface area (Å²) in [7, 11) is 2.10. The highest BCUT2D eigenvalue weighted by Crippen LogP contribution is 2.37. The van der Waals surface area contributed by atoms with Gasteiger partial charge in [-0.2, -0.15) is 0 Å². The molecule has 3 heteroatoms. The Hall–Kier alpha value is -1.38. The van der Waals surface area contributed by atoms with Gasteiger partial charge < -0.3 is 15.4 Å². The predicted molar refractivity (Wildman–Crippen MR) is 68.1 cm³/mol. The number of nitrogen functional groups attached to an aromatic ring is 1. The molecule has 0 heterocycles. The molecule has 2 N–H and O–H groups in total. The summed E-state index contributed by atoms with van der Waals surface area (Å²) >= 11 is 0. The molecule has 1 fully saturated rings. The fourth-order valence-corrected chi connectivity index (χ4v) is 1.84. The Balaban J connectivity index is 2.17. The molecule has 88 valence electrons. The van der Waals surface area contributed by atoms with E-state index in [-0.39, 0.29) is 0 Å². The third-order valence-electron chi connectivity index (χ3n) is 2.98. The average molecular weight is 220 g/mol. The average Bonchev–Trinajstić information content (AvgIpc) is 3.11. The molecule has 0 saturated heterocycles. The monoisotopic (exact) mass is 220 g/mol. The first-order chi connectivity index (χ1) is 7.74. The summed E-state index contributed by atoms with van der Waals surface area (Å²) in [5.41, 5.74) is 7.99. The normalized spacial score (nSPS) is 14.9. The van der Waals surface area contributed by atoms with E-state index in [2.05, 4.69) is 24.9 Å². The molecule has 0 spiro atoms. The molecule has 1 aliphatic carbocycles. The van der Waals surface area contributed by atoms with Gasteiger partial charge in [-0.05, 0) is 31.4 Å². The predicted octanol–water partition coefficient (Wildman–Crippen LogP) is 2.66. The van der Waals surface area contributed by atoms with E-state index in [9.17, 15) is 0 Å². The van der Waals surface area contributed by atoms with E-state index in [0.29, 0.717) is 6.04 Å². The molecule has 0 aromatic heterocycles. The standard InChI is InChI=1S/C13H20N2O/c1-3-9-16-12-6-4-5-11(13(12)14)15(2)10-7-8-10/h4-6,10H,3,7-9,14H2,1-2H3. The number of nitrogens with two attached hydrogens (primary N) is 1. The van der Waals surface area contributed by atoms with E-state index in [1.54, 1.807) is 0 Å². The van der Waals surface area contributed by atoms with Gasteiger partial charge in [-0.3, -0.25) is 0 Å². The van der Waals surface area contributed by atoms with E-state index >= 15 is 0 Å². The van der Waals surface area contributed by atoms with E-state index in [1.807, 2.05) is 12.1 Å². The van der Waals surface area contributed by atoms with Crippen LogP contribution in [0.1, 0.15) is 26.2 Å². The number of para-hydroxylation sites is 1. The quantitative estimate of drug-likeness (QED) is 0.775. The van der Waals surface area contributed by atoms with Crippen LogP contribution in [0.15, 0.2) is 18.2 Å². The number of benzene rings is 1. The van der Waals surface area contributed by atoms with E-state index in [1.165, 1.54) is 12.8 Å². The van der Waals surface area contributed by atoms with Crippen molar-refractivity contribution in [3.63, 3.8) is 0 Å². The van der Waals surface area contributed by atoms with Gasteiger partial charge in [0.15, 0.2) is 0 Å². The lowest BCUT2D eigenvalue weighted by Crippen LogP contribution is -2.20. The highest BCUT2D eigenvalue weighted by atomic mass is 16.5. The van der Waals surface area contributed by atoms with Crippen molar-refractivity contribution in [2.24, 2.45) is 0 Å². The van der Waals surface area contributed by atoms with Gasteiger partial charge in [0.05, 0.1) is 18.0 Å². The summed E-state index contributed by atoms with van der Waals surface area (Å²) in [6, 6.07) is 6.68. The number of anilines is 2. The molecule has 1 aliphatic rings. The van der Waals surface area contributed by atoms with Crippen LogP contribution in [0.3, 0.4) is 0 Å². The number of hydrogen-bond acceptors (Lipinski definition) is 3. The Morgan fingerprint density at radius 3 is 2.81 bits per heavy atom. The molecule has 0 atom stereocenters. The second-order valence-electron chi connectivity index (χ2n) is 4.38. The van der Waals surface area contributed by atoms with Gasteiger partial charge in [-0.1, -0.05) is 13.0 Å². The minimum absolute atomic E-state index is 0.670. The zero-order chi connectivity index (χ0) is 11.5. The smallest absolute Gasteiger partial charge is 0.144 e. The first kappa shape index (κ1) is 11.1. The van der Waals surface area contributed by atoms with Crippen molar-refractivity contribution in [3.05, 3.63) is 18.2 Å². The van der Waals surface area contributed by atoms with Crippen LogP contribution >= 0.6 is 0 Å². The minimum Gasteiger partial charge on any atom is -0.491 e. The van der Waals surface area contributed by atoms with Gasteiger partial charge >= 0.3 is 0 Å². The van der Waals surface area contributed by atoms with Crippen LogP contribution in [0, 0.1) is 0 Å². The van der Waals surface area contributed by atoms with Crippen molar-refractivity contribution in [3.8, 4) is 5.75 Å². The summed E-state index contributed by atoms with van der Waals surface area (Å²) in [4.78, 5) is 2.26. The third kappa shape index (κ3) is 2.23. The lowest BCUT2D eigenvalue weighted by atomic mass is 10.2. The Labute approximate surface area is 97.2 Å². The van der Waals surface area contributed by atoms with Crippen LogP contribution < -0.4 is 15.4 Å². The summed E-state index contributed by atoms with van der Waals surface area (Å²) < 4.78 is 5.63. The summed E-state index contributed by atoms with van der Waals surface area (Å²) in [6.45, 7) is 2.82. The molecule has 0 bridgehead atoms.